The molecule has 178 valence electrons. The van der Waals surface area contributed by atoms with Crippen LogP contribution in [0.4, 0.5) is 0 Å². The zero-order valence-corrected chi connectivity index (χ0v) is 21.8. The van der Waals surface area contributed by atoms with Gasteiger partial charge < -0.3 is 24.5 Å². The molecule has 2 unspecified atom stereocenters. The van der Waals surface area contributed by atoms with Gasteiger partial charge in [0, 0.05) is 19.4 Å². The molecule has 1 aromatic carbocycles. The van der Waals surface area contributed by atoms with Crippen LogP contribution in [-0.4, -0.2) is 45.9 Å². The third-order valence-electron chi connectivity index (χ3n) is 7.99. The monoisotopic (exact) mass is 488 g/mol. The van der Waals surface area contributed by atoms with E-state index in [-0.39, 0.29) is 16.8 Å². The number of aliphatic hydroxyl groups excluding tert-OH is 1. The third kappa shape index (κ3) is 3.13. The number of benzene rings is 1. The highest BCUT2D eigenvalue weighted by Gasteiger charge is 2.66. The van der Waals surface area contributed by atoms with Gasteiger partial charge >= 0.3 is 0 Å². The number of rotatable bonds is 5. The van der Waals surface area contributed by atoms with E-state index < -0.39 is 25.6 Å². The van der Waals surface area contributed by atoms with E-state index in [2.05, 4.69) is 38.8 Å². The SMILES string of the molecule is CC12OC(CCO[Si](C)(C)C(C)(C)C)(C[C@@H]1O)c1c2c(O)n(-c2ccc3ncsc3c2)c1O. The van der Waals surface area contributed by atoms with Crippen molar-refractivity contribution in [2.45, 2.75) is 76.0 Å². The average Bonchev–Trinajstić information content (AvgIpc) is 3.40. The zero-order chi connectivity index (χ0) is 24.0. The summed E-state index contributed by atoms with van der Waals surface area (Å²) in [5, 5.41) is 33.6. The molecular weight excluding hydrogens is 456 g/mol. The van der Waals surface area contributed by atoms with Gasteiger partial charge in [-0.2, -0.15) is 0 Å². The number of aliphatic hydroxyl groups is 1. The molecule has 7 nitrogen and oxygen atoms in total. The van der Waals surface area contributed by atoms with Crippen molar-refractivity contribution in [2.24, 2.45) is 0 Å². The Morgan fingerprint density at radius 1 is 1.24 bits per heavy atom. The molecule has 0 spiro atoms. The Labute approximate surface area is 198 Å². The number of thiazole rings is 1. The lowest BCUT2D eigenvalue weighted by Gasteiger charge is -2.37. The molecule has 0 aliphatic carbocycles. The van der Waals surface area contributed by atoms with Gasteiger partial charge in [-0.1, -0.05) is 20.8 Å². The van der Waals surface area contributed by atoms with E-state index in [1.165, 1.54) is 15.9 Å². The molecule has 5 rings (SSSR count). The lowest BCUT2D eigenvalue weighted by Crippen LogP contribution is -2.42. The minimum atomic E-state index is -1.97. The van der Waals surface area contributed by atoms with Crippen molar-refractivity contribution in [3.63, 3.8) is 0 Å². The summed E-state index contributed by atoms with van der Waals surface area (Å²) in [7, 11) is -1.97. The molecule has 0 radical (unpaired) electrons. The molecule has 1 saturated heterocycles. The number of aromatic nitrogens is 2. The van der Waals surface area contributed by atoms with Gasteiger partial charge in [0.1, 0.15) is 11.2 Å². The average molecular weight is 489 g/mol. The maximum absolute atomic E-state index is 11.4. The quantitative estimate of drug-likeness (QED) is 0.432. The summed E-state index contributed by atoms with van der Waals surface area (Å²) in [5.74, 6) is -0.144. The van der Waals surface area contributed by atoms with Crippen LogP contribution in [-0.2, 0) is 20.4 Å². The number of fused-ring (bicyclic) bond motifs is 6. The van der Waals surface area contributed by atoms with Crippen molar-refractivity contribution in [1.29, 1.82) is 0 Å². The molecule has 2 aromatic heterocycles. The second kappa shape index (κ2) is 7.05. The molecule has 1 fully saturated rings. The second-order valence-corrected chi connectivity index (χ2v) is 16.7. The Balaban J connectivity index is 1.56. The number of ether oxygens (including phenoxy) is 1. The van der Waals surface area contributed by atoms with E-state index in [4.69, 9.17) is 9.16 Å². The van der Waals surface area contributed by atoms with Crippen molar-refractivity contribution in [2.75, 3.05) is 6.61 Å². The van der Waals surface area contributed by atoms with Crippen LogP contribution in [0.15, 0.2) is 23.7 Å². The van der Waals surface area contributed by atoms with E-state index >= 15 is 0 Å². The first-order valence-corrected chi connectivity index (χ1v) is 15.1. The summed E-state index contributed by atoms with van der Waals surface area (Å²) < 4.78 is 15.2. The predicted octanol–water partition coefficient (Wildman–Crippen LogP) is 5.12. The number of hydrogen-bond donors (Lipinski definition) is 3. The maximum atomic E-state index is 11.4. The molecule has 2 aliphatic rings. The smallest absolute Gasteiger partial charge is 0.205 e. The minimum absolute atomic E-state index is 0.0469. The van der Waals surface area contributed by atoms with Crippen LogP contribution in [0.2, 0.25) is 18.1 Å². The van der Waals surface area contributed by atoms with Crippen molar-refractivity contribution in [1.82, 2.24) is 9.55 Å². The predicted molar refractivity (Wildman–Crippen MR) is 131 cm³/mol. The van der Waals surface area contributed by atoms with Gasteiger partial charge in [-0.3, -0.25) is 4.57 Å². The molecular formula is C24H32N2O5SSi. The number of hydrogen-bond acceptors (Lipinski definition) is 7. The summed E-state index contributed by atoms with van der Waals surface area (Å²) in [6.45, 7) is 13.2. The van der Waals surface area contributed by atoms with Crippen molar-refractivity contribution < 1.29 is 24.5 Å². The zero-order valence-electron chi connectivity index (χ0n) is 20.0. The Kier molecular flexibility index (Phi) is 4.88. The Morgan fingerprint density at radius 3 is 2.64 bits per heavy atom. The minimum Gasteiger partial charge on any atom is -0.494 e. The van der Waals surface area contributed by atoms with Crippen LogP contribution in [0, 0.1) is 0 Å². The van der Waals surface area contributed by atoms with Gasteiger partial charge in [-0.25, -0.2) is 4.98 Å². The topological polar surface area (TPSA) is 97.0 Å². The highest BCUT2D eigenvalue weighted by atomic mass is 32.1. The first kappa shape index (κ1) is 22.9. The lowest BCUT2D eigenvalue weighted by atomic mass is 9.76. The molecule has 4 heterocycles. The van der Waals surface area contributed by atoms with Gasteiger partial charge in [0.15, 0.2) is 8.32 Å². The molecule has 33 heavy (non-hydrogen) atoms. The number of aromatic hydroxyl groups is 2. The van der Waals surface area contributed by atoms with Gasteiger partial charge in [0.25, 0.3) is 0 Å². The Hall–Kier alpha value is -1.91. The van der Waals surface area contributed by atoms with Crippen LogP contribution in [0.5, 0.6) is 11.8 Å². The summed E-state index contributed by atoms with van der Waals surface area (Å²) in [6, 6.07) is 5.59. The molecule has 0 saturated carbocycles. The lowest BCUT2D eigenvalue weighted by molar-refractivity contribution is -0.107. The molecule has 3 atom stereocenters. The first-order chi connectivity index (χ1) is 15.3. The van der Waals surface area contributed by atoms with Gasteiger partial charge in [0.05, 0.1) is 38.6 Å². The first-order valence-electron chi connectivity index (χ1n) is 11.3. The van der Waals surface area contributed by atoms with Crippen LogP contribution in [0.25, 0.3) is 15.9 Å². The maximum Gasteiger partial charge on any atom is 0.205 e. The summed E-state index contributed by atoms with van der Waals surface area (Å²) in [5.41, 5.74) is 2.31. The highest BCUT2D eigenvalue weighted by Crippen LogP contribution is 2.65. The van der Waals surface area contributed by atoms with E-state index in [0.717, 1.165) is 10.2 Å². The third-order valence-corrected chi connectivity index (χ3v) is 13.3. The fourth-order valence-electron chi connectivity index (χ4n) is 5.04. The standard InChI is InChI=1S/C24H32N2O5SSi/c1-22(2,3)33(5,6)30-10-9-24-12-17(27)23(4,31-24)18-19(24)21(29)26(20(18)28)14-7-8-15-16(11-14)32-13-25-15/h7-8,11,13,17,27-29H,9-10,12H2,1-6H3/t17-,23?,24?/m0/s1. The van der Waals surface area contributed by atoms with Crippen molar-refractivity contribution in [3.8, 4) is 17.4 Å². The van der Waals surface area contributed by atoms with E-state index in [1.54, 1.807) is 12.4 Å². The van der Waals surface area contributed by atoms with Crippen molar-refractivity contribution in [3.05, 3.63) is 34.8 Å². The normalized spacial score (nSPS) is 26.9. The van der Waals surface area contributed by atoms with E-state index in [9.17, 15) is 15.3 Å². The van der Waals surface area contributed by atoms with Gasteiger partial charge in [-0.15, -0.1) is 11.3 Å². The fraction of sp³-hybridized carbons (Fsp3) is 0.542. The fourth-order valence-corrected chi connectivity index (χ4v) is 6.79. The number of nitrogens with zero attached hydrogens (tertiary/aromatic N) is 2. The largest absolute Gasteiger partial charge is 0.494 e. The summed E-state index contributed by atoms with van der Waals surface area (Å²) in [4.78, 5) is 4.31. The van der Waals surface area contributed by atoms with E-state index in [1.807, 2.05) is 18.2 Å². The summed E-state index contributed by atoms with van der Waals surface area (Å²) >= 11 is 1.50. The van der Waals surface area contributed by atoms with Crippen LogP contribution in [0.3, 0.4) is 0 Å². The summed E-state index contributed by atoms with van der Waals surface area (Å²) in [6.07, 6.45) is 0.0507. The molecule has 3 N–H and O–H groups in total. The highest BCUT2D eigenvalue weighted by molar-refractivity contribution is 7.16. The second-order valence-electron chi connectivity index (χ2n) is 11.0. The van der Waals surface area contributed by atoms with Gasteiger partial charge in [-0.05, 0) is 43.3 Å². The van der Waals surface area contributed by atoms with Crippen LogP contribution >= 0.6 is 11.3 Å². The Morgan fingerprint density at radius 2 is 1.94 bits per heavy atom. The van der Waals surface area contributed by atoms with Crippen molar-refractivity contribution >= 4 is 29.9 Å². The molecule has 3 aromatic rings. The molecule has 0 amide bonds. The Bertz CT molecular complexity index is 1250. The molecule has 2 bridgehead atoms. The van der Waals surface area contributed by atoms with Crippen LogP contribution in [0.1, 0.15) is 51.7 Å². The van der Waals surface area contributed by atoms with Gasteiger partial charge in [0.2, 0.25) is 11.8 Å². The van der Waals surface area contributed by atoms with Crippen LogP contribution < -0.4 is 0 Å². The van der Waals surface area contributed by atoms with E-state index in [0.29, 0.717) is 36.3 Å². The molecule has 2 aliphatic heterocycles. The molecule has 9 heteroatoms.